The average Bonchev–Trinajstić information content (AvgIpc) is 2.38. The molecular weight excluding hydrogens is 286 g/mol. The van der Waals surface area contributed by atoms with Crippen molar-refractivity contribution in [3.05, 3.63) is 34.3 Å². The van der Waals surface area contributed by atoms with Crippen LogP contribution in [-0.4, -0.2) is 6.54 Å². The fourth-order valence-electron chi connectivity index (χ4n) is 2.18. The molecule has 1 aromatic rings. The lowest BCUT2D eigenvalue weighted by Crippen LogP contribution is -2.25. The molecule has 0 aliphatic carbocycles. The first kappa shape index (κ1) is 15.7. The second kappa shape index (κ2) is 8.71. The van der Waals surface area contributed by atoms with Gasteiger partial charge in [-0.05, 0) is 43.5 Å². The highest BCUT2D eigenvalue weighted by Crippen LogP contribution is 2.19. The second-order valence-corrected chi connectivity index (χ2v) is 6.02. The summed E-state index contributed by atoms with van der Waals surface area (Å²) in [6, 6.07) is 9.00. The number of hydrogen-bond donors (Lipinski definition) is 1. The lowest BCUT2D eigenvalue weighted by atomic mass is 9.98. The zero-order valence-electron chi connectivity index (χ0n) is 11.9. The van der Waals surface area contributed by atoms with Crippen molar-refractivity contribution in [2.24, 2.45) is 5.92 Å². The Morgan fingerprint density at radius 3 is 2.67 bits per heavy atom. The summed E-state index contributed by atoms with van der Waals surface area (Å²) in [7, 11) is 0. The number of benzene rings is 1. The second-order valence-electron chi connectivity index (χ2n) is 5.10. The number of nitrogens with one attached hydrogen (secondary N) is 1. The molecule has 0 spiro atoms. The molecule has 0 heterocycles. The first-order valence-electron chi connectivity index (χ1n) is 7.16. The van der Waals surface area contributed by atoms with Gasteiger partial charge in [0.15, 0.2) is 0 Å². The van der Waals surface area contributed by atoms with E-state index in [0.717, 1.165) is 16.9 Å². The Morgan fingerprint density at radius 2 is 2.06 bits per heavy atom. The van der Waals surface area contributed by atoms with Gasteiger partial charge in [0, 0.05) is 10.5 Å². The van der Waals surface area contributed by atoms with E-state index in [1.54, 1.807) is 0 Å². The number of rotatable bonds is 8. The van der Waals surface area contributed by atoms with Crippen LogP contribution in [0.15, 0.2) is 28.7 Å². The van der Waals surface area contributed by atoms with Crippen LogP contribution in [0.3, 0.4) is 0 Å². The highest BCUT2D eigenvalue weighted by molar-refractivity contribution is 9.10. The van der Waals surface area contributed by atoms with Crippen molar-refractivity contribution in [2.75, 3.05) is 6.54 Å². The van der Waals surface area contributed by atoms with E-state index in [9.17, 15) is 0 Å². The predicted molar refractivity (Wildman–Crippen MR) is 83.9 cm³/mol. The van der Waals surface area contributed by atoms with Crippen molar-refractivity contribution < 1.29 is 0 Å². The summed E-state index contributed by atoms with van der Waals surface area (Å²) >= 11 is 3.53. The molecule has 2 atom stereocenters. The van der Waals surface area contributed by atoms with Crippen molar-refractivity contribution in [3.8, 4) is 0 Å². The Bertz CT molecular complexity index is 338. The number of hydrogen-bond acceptors (Lipinski definition) is 1. The van der Waals surface area contributed by atoms with Crippen LogP contribution in [0.2, 0.25) is 0 Å². The number of unbranched alkanes of at least 4 members (excludes halogenated alkanes) is 1. The maximum atomic E-state index is 3.67. The normalized spacial score (nSPS) is 14.4. The molecule has 0 bridgehead atoms. The molecule has 0 aromatic heterocycles. The van der Waals surface area contributed by atoms with Gasteiger partial charge in [-0.25, -0.2) is 0 Å². The molecule has 18 heavy (non-hydrogen) atoms. The molecule has 0 saturated heterocycles. The van der Waals surface area contributed by atoms with Gasteiger partial charge in [0.25, 0.3) is 0 Å². The average molecular weight is 312 g/mol. The van der Waals surface area contributed by atoms with Crippen molar-refractivity contribution in [1.82, 2.24) is 5.32 Å². The number of halogens is 1. The van der Waals surface area contributed by atoms with Gasteiger partial charge in [0.2, 0.25) is 0 Å². The molecule has 0 saturated carbocycles. The first-order chi connectivity index (χ1) is 8.67. The molecule has 0 amide bonds. The maximum absolute atomic E-state index is 3.67. The van der Waals surface area contributed by atoms with Gasteiger partial charge in [0.05, 0.1) is 0 Å². The largest absolute Gasteiger partial charge is 0.310 e. The molecule has 0 fully saturated rings. The fourth-order valence-corrected chi connectivity index (χ4v) is 2.60. The first-order valence-corrected chi connectivity index (χ1v) is 7.95. The fraction of sp³-hybridized carbons (Fsp3) is 0.625. The van der Waals surface area contributed by atoms with E-state index in [-0.39, 0.29) is 0 Å². The van der Waals surface area contributed by atoms with E-state index >= 15 is 0 Å². The quantitative estimate of drug-likeness (QED) is 0.685. The molecule has 2 heteroatoms. The molecule has 0 radical (unpaired) electrons. The zero-order chi connectivity index (χ0) is 13.4. The SMILES string of the molecule is CCCCC(CC)CN[C@H](C)c1cccc(Br)c1. The van der Waals surface area contributed by atoms with Gasteiger partial charge in [-0.3, -0.25) is 0 Å². The van der Waals surface area contributed by atoms with E-state index in [1.807, 2.05) is 0 Å². The summed E-state index contributed by atoms with van der Waals surface area (Å²) < 4.78 is 1.16. The maximum Gasteiger partial charge on any atom is 0.0292 e. The highest BCUT2D eigenvalue weighted by atomic mass is 79.9. The zero-order valence-corrected chi connectivity index (χ0v) is 13.5. The Hall–Kier alpha value is -0.340. The molecule has 1 N–H and O–H groups in total. The Balaban J connectivity index is 2.42. The Labute approximate surface area is 120 Å². The van der Waals surface area contributed by atoms with E-state index in [0.29, 0.717) is 6.04 Å². The summed E-state index contributed by atoms with van der Waals surface area (Å²) in [5.41, 5.74) is 1.36. The van der Waals surface area contributed by atoms with E-state index in [4.69, 9.17) is 0 Å². The van der Waals surface area contributed by atoms with E-state index < -0.39 is 0 Å². The molecule has 1 rings (SSSR count). The molecule has 1 aromatic carbocycles. The lowest BCUT2D eigenvalue weighted by molar-refractivity contribution is 0.398. The summed E-state index contributed by atoms with van der Waals surface area (Å²) in [5, 5.41) is 3.67. The van der Waals surface area contributed by atoms with E-state index in [1.165, 1.54) is 31.2 Å². The summed E-state index contributed by atoms with van der Waals surface area (Å²) in [6.07, 6.45) is 5.28. The monoisotopic (exact) mass is 311 g/mol. The summed E-state index contributed by atoms with van der Waals surface area (Å²) in [4.78, 5) is 0. The van der Waals surface area contributed by atoms with Crippen LogP contribution in [0.25, 0.3) is 0 Å². The smallest absolute Gasteiger partial charge is 0.0292 e. The lowest BCUT2D eigenvalue weighted by Gasteiger charge is -2.20. The predicted octanol–water partition coefficient (Wildman–Crippen LogP) is 5.32. The van der Waals surface area contributed by atoms with Gasteiger partial charge in [-0.15, -0.1) is 0 Å². The third kappa shape index (κ3) is 5.53. The Morgan fingerprint density at radius 1 is 1.28 bits per heavy atom. The van der Waals surface area contributed by atoms with Crippen LogP contribution in [0.5, 0.6) is 0 Å². The van der Waals surface area contributed by atoms with Gasteiger partial charge >= 0.3 is 0 Å². The third-order valence-corrected chi connectivity index (χ3v) is 4.10. The molecule has 0 aliphatic rings. The van der Waals surface area contributed by atoms with E-state index in [2.05, 4.69) is 66.3 Å². The van der Waals surface area contributed by atoms with Crippen LogP contribution >= 0.6 is 15.9 Å². The van der Waals surface area contributed by atoms with Crippen LogP contribution in [0, 0.1) is 5.92 Å². The third-order valence-electron chi connectivity index (χ3n) is 3.60. The summed E-state index contributed by atoms with van der Waals surface area (Å²) in [5.74, 6) is 0.819. The van der Waals surface area contributed by atoms with Crippen molar-refractivity contribution in [3.63, 3.8) is 0 Å². The molecule has 102 valence electrons. The molecular formula is C16H26BrN. The van der Waals surface area contributed by atoms with Gasteiger partial charge in [-0.1, -0.05) is 61.2 Å². The van der Waals surface area contributed by atoms with Crippen molar-refractivity contribution in [1.29, 1.82) is 0 Å². The van der Waals surface area contributed by atoms with Gasteiger partial charge in [0.1, 0.15) is 0 Å². The summed E-state index contributed by atoms with van der Waals surface area (Å²) in [6.45, 7) is 7.94. The van der Waals surface area contributed by atoms with Crippen LogP contribution < -0.4 is 5.32 Å². The Kier molecular flexibility index (Phi) is 7.60. The molecule has 0 aliphatic heterocycles. The van der Waals surface area contributed by atoms with Gasteiger partial charge < -0.3 is 5.32 Å². The molecule has 1 unspecified atom stereocenters. The van der Waals surface area contributed by atoms with Crippen LogP contribution in [-0.2, 0) is 0 Å². The van der Waals surface area contributed by atoms with Gasteiger partial charge in [-0.2, -0.15) is 0 Å². The highest BCUT2D eigenvalue weighted by Gasteiger charge is 2.09. The van der Waals surface area contributed by atoms with Crippen molar-refractivity contribution in [2.45, 2.75) is 52.5 Å². The van der Waals surface area contributed by atoms with Crippen molar-refractivity contribution >= 4 is 15.9 Å². The minimum Gasteiger partial charge on any atom is -0.310 e. The van der Waals surface area contributed by atoms with Crippen LogP contribution in [0.4, 0.5) is 0 Å². The molecule has 1 nitrogen and oxygen atoms in total. The standard InChI is InChI=1S/C16H26BrN/c1-4-6-8-14(5-2)12-18-13(3)15-9-7-10-16(17)11-15/h7,9-11,13-14,18H,4-6,8,12H2,1-3H3/t13-,14?/m1/s1. The minimum atomic E-state index is 0.429. The minimum absolute atomic E-state index is 0.429. The topological polar surface area (TPSA) is 12.0 Å². The van der Waals surface area contributed by atoms with Crippen LogP contribution in [0.1, 0.15) is 58.1 Å².